The van der Waals surface area contributed by atoms with Gasteiger partial charge in [-0.1, -0.05) is 12.1 Å². The number of amides is 2. The molecule has 1 aromatic rings. The Hall–Kier alpha value is -2.17. The SMILES string of the molecule is O=C([O-])c1cccc(N2C(=O)[C@@H]3[C@H]4CC[C@H](C4)[C@@H]3C2=O)c1. The number of nitrogens with zero attached hydrogens (tertiary/aromatic N) is 1. The van der Waals surface area contributed by atoms with Gasteiger partial charge in [0.05, 0.1) is 23.5 Å². The second-order valence-corrected chi connectivity index (χ2v) is 6.23. The Bertz CT molecular complexity index is 640. The zero-order chi connectivity index (χ0) is 14.7. The fourth-order valence-corrected chi connectivity index (χ4v) is 4.44. The van der Waals surface area contributed by atoms with Crippen LogP contribution in [-0.4, -0.2) is 17.8 Å². The minimum Gasteiger partial charge on any atom is -0.545 e. The van der Waals surface area contributed by atoms with Gasteiger partial charge in [-0.05, 0) is 48.8 Å². The van der Waals surface area contributed by atoms with Crippen molar-refractivity contribution in [2.24, 2.45) is 23.7 Å². The van der Waals surface area contributed by atoms with E-state index >= 15 is 0 Å². The number of aromatic carboxylic acids is 1. The Morgan fingerprint density at radius 1 is 1.10 bits per heavy atom. The van der Waals surface area contributed by atoms with Gasteiger partial charge in [0.25, 0.3) is 0 Å². The van der Waals surface area contributed by atoms with Gasteiger partial charge in [-0.2, -0.15) is 0 Å². The van der Waals surface area contributed by atoms with Gasteiger partial charge in [-0.15, -0.1) is 0 Å². The summed E-state index contributed by atoms with van der Waals surface area (Å²) >= 11 is 0. The normalized spacial score (nSPS) is 33.6. The zero-order valence-corrected chi connectivity index (χ0v) is 11.3. The summed E-state index contributed by atoms with van der Waals surface area (Å²) in [4.78, 5) is 37.4. The summed E-state index contributed by atoms with van der Waals surface area (Å²) in [6.45, 7) is 0. The Labute approximate surface area is 121 Å². The number of hydrogen-bond acceptors (Lipinski definition) is 4. The summed E-state index contributed by atoms with van der Waals surface area (Å²) in [7, 11) is 0. The third-order valence-electron chi connectivity index (χ3n) is 5.27. The van der Waals surface area contributed by atoms with Crippen LogP contribution in [0.15, 0.2) is 24.3 Å². The van der Waals surface area contributed by atoms with Gasteiger partial charge >= 0.3 is 0 Å². The molecule has 0 spiro atoms. The maximum atomic E-state index is 12.6. The van der Waals surface area contributed by atoms with Crippen molar-refractivity contribution < 1.29 is 19.5 Å². The van der Waals surface area contributed by atoms with E-state index in [-0.39, 0.29) is 29.2 Å². The highest BCUT2D eigenvalue weighted by molar-refractivity contribution is 6.22. The van der Waals surface area contributed by atoms with Crippen LogP contribution in [0.5, 0.6) is 0 Å². The molecule has 5 heteroatoms. The fourth-order valence-electron chi connectivity index (χ4n) is 4.44. The van der Waals surface area contributed by atoms with Gasteiger partial charge in [-0.25, -0.2) is 0 Å². The predicted octanol–water partition coefficient (Wildman–Crippen LogP) is 0.586. The first-order valence-corrected chi connectivity index (χ1v) is 7.27. The number of carbonyl (C=O) groups excluding carboxylic acids is 3. The highest BCUT2D eigenvalue weighted by Gasteiger charge is 2.61. The van der Waals surface area contributed by atoms with E-state index < -0.39 is 5.97 Å². The van der Waals surface area contributed by atoms with Crippen molar-refractivity contribution in [1.82, 2.24) is 0 Å². The molecule has 3 aliphatic rings. The molecule has 1 saturated heterocycles. The van der Waals surface area contributed by atoms with Crippen LogP contribution in [0.25, 0.3) is 0 Å². The van der Waals surface area contributed by atoms with Gasteiger partial charge in [0.2, 0.25) is 11.8 Å². The first-order chi connectivity index (χ1) is 10.1. The molecular formula is C16H14NO4-. The molecule has 3 fully saturated rings. The molecule has 2 bridgehead atoms. The minimum atomic E-state index is -1.31. The Morgan fingerprint density at radius 2 is 1.71 bits per heavy atom. The number of rotatable bonds is 2. The Kier molecular flexibility index (Phi) is 2.49. The average Bonchev–Trinajstić information content (AvgIpc) is 3.13. The number of fused-ring (bicyclic) bond motifs is 5. The van der Waals surface area contributed by atoms with Gasteiger partial charge in [0.1, 0.15) is 0 Å². The zero-order valence-electron chi connectivity index (χ0n) is 11.3. The van der Waals surface area contributed by atoms with Crippen LogP contribution in [0.2, 0.25) is 0 Å². The predicted molar refractivity (Wildman–Crippen MR) is 71.1 cm³/mol. The van der Waals surface area contributed by atoms with Crippen molar-refractivity contribution in [3.05, 3.63) is 29.8 Å². The van der Waals surface area contributed by atoms with E-state index in [2.05, 4.69) is 0 Å². The molecule has 0 radical (unpaired) electrons. The van der Waals surface area contributed by atoms with Crippen LogP contribution < -0.4 is 10.0 Å². The smallest absolute Gasteiger partial charge is 0.237 e. The van der Waals surface area contributed by atoms with Crippen LogP contribution in [0.4, 0.5) is 5.69 Å². The Balaban J connectivity index is 1.73. The summed E-state index contributed by atoms with van der Waals surface area (Å²) < 4.78 is 0. The lowest BCUT2D eigenvalue weighted by molar-refractivity contribution is -0.255. The highest BCUT2D eigenvalue weighted by atomic mass is 16.4. The van der Waals surface area contributed by atoms with Crippen LogP contribution in [0.1, 0.15) is 29.6 Å². The highest BCUT2D eigenvalue weighted by Crippen LogP contribution is 2.56. The average molecular weight is 284 g/mol. The van der Waals surface area contributed by atoms with Gasteiger partial charge < -0.3 is 9.90 Å². The second kappa shape index (κ2) is 4.16. The molecule has 1 aromatic carbocycles. The van der Waals surface area contributed by atoms with Crippen molar-refractivity contribution in [2.45, 2.75) is 19.3 Å². The molecule has 4 atom stereocenters. The van der Waals surface area contributed by atoms with Crippen LogP contribution in [-0.2, 0) is 9.59 Å². The molecule has 4 rings (SSSR count). The fraction of sp³-hybridized carbons (Fsp3) is 0.438. The van der Waals surface area contributed by atoms with E-state index in [1.54, 1.807) is 6.07 Å². The molecule has 5 nitrogen and oxygen atoms in total. The summed E-state index contributed by atoms with van der Waals surface area (Å²) in [5.74, 6) is -1.36. The molecular weight excluding hydrogens is 270 g/mol. The first-order valence-electron chi connectivity index (χ1n) is 7.27. The van der Waals surface area contributed by atoms with E-state index in [1.807, 2.05) is 0 Å². The second-order valence-electron chi connectivity index (χ2n) is 6.23. The minimum absolute atomic E-state index is 0.0202. The number of carboxylic acids is 1. The molecule has 108 valence electrons. The third-order valence-corrected chi connectivity index (χ3v) is 5.27. The lowest BCUT2D eigenvalue weighted by atomic mass is 9.81. The van der Waals surface area contributed by atoms with Crippen LogP contribution >= 0.6 is 0 Å². The number of hydrogen-bond donors (Lipinski definition) is 0. The van der Waals surface area contributed by atoms with Crippen molar-refractivity contribution >= 4 is 23.5 Å². The number of benzene rings is 1. The summed E-state index contributed by atoms with van der Waals surface area (Å²) in [5.41, 5.74) is 0.327. The standard InChI is InChI=1S/C16H15NO4/c18-14-12-8-4-5-9(6-8)13(12)15(19)17(14)11-3-1-2-10(7-11)16(20)21/h1-3,7-9,12-13H,4-6H2,(H,20,21)/p-1/t8-,9+,12+,13-. The van der Waals surface area contributed by atoms with Gasteiger partial charge in [-0.3, -0.25) is 14.5 Å². The molecule has 21 heavy (non-hydrogen) atoms. The third kappa shape index (κ3) is 1.60. The van der Waals surface area contributed by atoms with Crippen molar-refractivity contribution in [2.75, 3.05) is 4.90 Å². The van der Waals surface area contributed by atoms with Gasteiger partial charge in [0.15, 0.2) is 0 Å². The van der Waals surface area contributed by atoms with E-state index in [4.69, 9.17) is 0 Å². The van der Waals surface area contributed by atoms with E-state index in [0.29, 0.717) is 17.5 Å². The maximum Gasteiger partial charge on any atom is 0.237 e. The lowest BCUT2D eigenvalue weighted by Crippen LogP contribution is -2.33. The summed E-state index contributed by atoms with van der Waals surface area (Å²) in [6.07, 6.45) is 3.04. The molecule has 2 saturated carbocycles. The van der Waals surface area contributed by atoms with Crippen molar-refractivity contribution in [3.8, 4) is 0 Å². The number of anilines is 1. The molecule has 2 aliphatic carbocycles. The number of carboxylic acid groups (broad SMARTS) is 1. The first kappa shape index (κ1) is 12.6. The Morgan fingerprint density at radius 3 is 2.29 bits per heavy atom. The van der Waals surface area contributed by atoms with Crippen LogP contribution in [0.3, 0.4) is 0 Å². The molecule has 1 aliphatic heterocycles. The molecule has 0 N–H and O–H groups in total. The molecule has 0 aromatic heterocycles. The number of carbonyl (C=O) groups is 3. The topological polar surface area (TPSA) is 77.5 Å². The maximum absolute atomic E-state index is 12.6. The van der Waals surface area contributed by atoms with Gasteiger partial charge in [0, 0.05) is 0 Å². The lowest BCUT2D eigenvalue weighted by Gasteiger charge is -2.19. The number of imide groups is 1. The molecule has 2 amide bonds. The molecule has 0 unspecified atom stereocenters. The van der Waals surface area contributed by atoms with E-state index in [0.717, 1.165) is 19.3 Å². The van der Waals surface area contributed by atoms with E-state index in [9.17, 15) is 19.5 Å². The summed E-state index contributed by atoms with van der Waals surface area (Å²) in [5, 5.41) is 10.9. The molecule has 1 heterocycles. The van der Waals surface area contributed by atoms with Crippen molar-refractivity contribution in [3.63, 3.8) is 0 Å². The van der Waals surface area contributed by atoms with Crippen LogP contribution in [0, 0.1) is 23.7 Å². The van der Waals surface area contributed by atoms with Crippen molar-refractivity contribution in [1.29, 1.82) is 0 Å². The largest absolute Gasteiger partial charge is 0.545 e. The monoisotopic (exact) mass is 284 g/mol. The van der Waals surface area contributed by atoms with E-state index in [1.165, 1.54) is 23.1 Å². The summed E-state index contributed by atoms with van der Waals surface area (Å²) in [6, 6.07) is 5.87. The quantitative estimate of drug-likeness (QED) is 0.744.